The monoisotopic (exact) mass is 624 g/mol. The quantitative estimate of drug-likeness (QED) is 0.0873. The molecule has 2 fully saturated rings. The van der Waals surface area contributed by atoms with Crippen LogP contribution in [0.15, 0.2) is 42.5 Å². The predicted octanol–water partition coefficient (Wildman–Crippen LogP) is -1.02. The average molecular weight is 625 g/mol. The Kier molecular flexibility index (Phi) is 11.0. The van der Waals surface area contributed by atoms with Crippen LogP contribution in [-0.2, 0) is 34.9 Å². The number of carbonyl (C=O) groups is 1. The number of hydrogen-bond acceptors (Lipinski definition) is 15. The van der Waals surface area contributed by atoms with E-state index in [9.17, 15) is 50.8 Å². The molecule has 0 aromatic heterocycles. The van der Waals surface area contributed by atoms with E-state index in [4.69, 9.17) is 23.7 Å². The van der Waals surface area contributed by atoms with Gasteiger partial charge in [-0.05, 0) is 43.2 Å². The Hall–Kier alpha value is -3.51. The van der Waals surface area contributed by atoms with Gasteiger partial charge in [0.15, 0.2) is 41.7 Å². The highest BCUT2D eigenvalue weighted by Gasteiger charge is 2.52. The van der Waals surface area contributed by atoms with Crippen LogP contribution in [0.1, 0.15) is 18.1 Å². The minimum absolute atomic E-state index is 0.0736. The Morgan fingerprint density at radius 3 is 2.32 bits per heavy atom. The van der Waals surface area contributed by atoms with Crippen LogP contribution in [0.3, 0.4) is 0 Å². The number of phenolic OH excluding ortho intramolecular Hbond substituents is 4. The Labute approximate surface area is 251 Å². The average Bonchev–Trinajstić information content (AvgIpc) is 3.00. The first kappa shape index (κ1) is 33.4. The van der Waals surface area contributed by atoms with Crippen LogP contribution in [0, 0.1) is 0 Å². The van der Waals surface area contributed by atoms with Crippen molar-refractivity contribution in [1.82, 2.24) is 0 Å². The Morgan fingerprint density at radius 1 is 0.864 bits per heavy atom. The molecule has 242 valence electrons. The van der Waals surface area contributed by atoms with Gasteiger partial charge < -0.3 is 69.6 Å². The maximum absolute atomic E-state index is 12.8. The van der Waals surface area contributed by atoms with Crippen molar-refractivity contribution in [2.45, 2.75) is 74.8 Å². The van der Waals surface area contributed by atoms with Crippen LogP contribution in [-0.4, -0.2) is 127 Å². The van der Waals surface area contributed by atoms with Crippen molar-refractivity contribution in [2.75, 3.05) is 13.2 Å². The first-order valence-electron chi connectivity index (χ1n) is 13.7. The Bertz CT molecular complexity index is 1300. The zero-order valence-corrected chi connectivity index (χ0v) is 23.5. The molecule has 0 amide bonds. The maximum Gasteiger partial charge on any atom is 0.331 e. The molecule has 15 heteroatoms. The summed E-state index contributed by atoms with van der Waals surface area (Å²) in [5.41, 5.74) is 0.665. The molecular formula is C29H36O15. The van der Waals surface area contributed by atoms with E-state index in [1.165, 1.54) is 43.3 Å². The van der Waals surface area contributed by atoms with E-state index in [0.717, 1.165) is 6.08 Å². The smallest absolute Gasteiger partial charge is 0.331 e. The number of rotatable bonds is 10. The van der Waals surface area contributed by atoms with Crippen LogP contribution in [0.5, 0.6) is 23.0 Å². The molecule has 2 heterocycles. The summed E-state index contributed by atoms with van der Waals surface area (Å²) in [6, 6.07) is 8.17. The third-order valence-corrected chi connectivity index (χ3v) is 7.31. The van der Waals surface area contributed by atoms with Crippen molar-refractivity contribution in [3.63, 3.8) is 0 Å². The van der Waals surface area contributed by atoms with Gasteiger partial charge in [0, 0.05) is 11.6 Å². The molecule has 10 unspecified atom stereocenters. The SMILES string of the molecule is CC1OC(OC2C(O)C(OCCc3cccc(O)c3O)OC(CO)C2OC(=O)C=Cc2ccc(O)c(O)c2)C(O)C(O)C1O. The summed E-state index contributed by atoms with van der Waals surface area (Å²) >= 11 is 0. The van der Waals surface area contributed by atoms with Crippen molar-refractivity contribution < 1.29 is 74.4 Å². The molecule has 15 nitrogen and oxygen atoms in total. The summed E-state index contributed by atoms with van der Waals surface area (Å²) in [6.45, 7) is 0.513. The summed E-state index contributed by atoms with van der Waals surface area (Å²) in [7, 11) is 0. The molecule has 4 rings (SSSR count). The van der Waals surface area contributed by atoms with E-state index in [0.29, 0.717) is 11.1 Å². The minimum atomic E-state index is -1.78. The van der Waals surface area contributed by atoms with Gasteiger partial charge in [-0.3, -0.25) is 0 Å². The topological polar surface area (TPSA) is 245 Å². The third-order valence-electron chi connectivity index (χ3n) is 7.31. The molecule has 2 aromatic rings. The van der Waals surface area contributed by atoms with Crippen LogP contribution < -0.4 is 0 Å². The van der Waals surface area contributed by atoms with Crippen molar-refractivity contribution in [3.05, 3.63) is 53.6 Å². The maximum atomic E-state index is 12.8. The number of hydrogen-bond donors (Lipinski definition) is 9. The second kappa shape index (κ2) is 14.5. The fourth-order valence-electron chi connectivity index (χ4n) is 4.80. The third kappa shape index (κ3) is 7.58. The molecule has 44 heavy (non-hydrogen) atoms. The van der Waals surface area contributed by atoms with Gasteiger partial charge in [-0.1, -0.05) is 18.2 Å². The van der Waals surface area contributed by atoms with Crippen LogP contribution in [0.2, 0.25) is 0 Å². The molecule has 2 aliphatic heterocycles. The molecule has 2 aromatic carbocycles. The highest BCUT2D eigenvalue weighted by atomic mass is 16.7. The zero-order valence-electron chi connectivity index (χ0n) is 23.5. The molecule has 0 spiro atoms. The largest absolute Gasteiger partial charge is 0.504 e. The normalized spacial score (nSPS) is 32.5. The molecule has 2 aliphatic rings. The lowest BCUT2D eigenvalue weighted by Gasteiger charge is -2.46. The van der Waals surface area contributed by atoms with Crippen molar-refractivity contribution in [1.29, 1.82) is 0 Å². The predicted molar refractivity (Wildman–Crippen MR) is 147 cm³/mol. The van der Waals surface area contributed by atoms with Crippen LogP contribution >= 0.6 is 0 Å². The van der Waals surface area contributed by atoms with Gasteiger partial charge in [-0.25, -0.2) is 4.79 Å². The zero-order chi connectivity index (χ0) is 32.1. The van der Waals surface area contributed by atoms with E-state index in [2.05, 4.69) is 0 Å². The lowest BCUT2D eigenvalue weighted by Crippen LogP contribution is -2.65. The van der Waals surface area contributed by atoms with E-state index >= 15 is 0 Å². The van der Waals surface area contributed by atoms with E-state index in [1.54, 1.807) is 6.07 Å². The van der Waals surface area contributed by atoms with Gasteiger partial charge in [0.1, 0.15) is 36.6 Å². The fraction of sp³-hybridized carbons (Fsp3) is 0.483. The highest BCUT2D eigenvalue weighted by Crippen LogP contribution is 2.33. The standard InChI is InChI=1S/C29H36O15/c1-13-21(35)23(37)24(38)29(41-13)44-27-25(39)28(40-10-9-15-3-2-4-17(32)22(15)36)42-19(12-30)26(27)43-20(34)8-6-14-5-7-16(31)18(33)11-14/h2-8,11,13,19,21,23-33,35-39H,9-10,12H2,1H3. The number of esters is 1. The van der Waals surface area contributed by atoms with Gasteiger partial charge in [0.05, 0.1) is 19.3 Å². The van der Waals surface area contributed by atoms with Gasteiger partial charge >= 0.3 is 5.97 Å². The number of benzene rings is 2. The number of para-hydroxylation sites is 1. The lowest BCUT2D eigenvalue weighted by atomic mass is 9.97. The van der Waals surface area contributed by atoms with Gasteiger partial charge in [0.25, 0.3) is 0 Å². The molecule has 0 saturated carbocycles. The summed E-state index contributed by atoms with van der Waals surface area (Å²) in [6.07, 6.45) is -12.9. The molecule has 0 bridgehead atoms. The molecular weight excluding hydrogens is 588 g/mol. The number of aliphatic hydroxyl groups is 5. The number of carbonyl (C=O) groups excluding carboxylic acids is 1. The molecule has 0 radical (unpaired) electrons. The van der Waals surface area contributed by atoms with Crippen molar-refractivity contribution in [3.8, 4) is 23.0 Å². The Morgan fingerprint density at radius 2 is 1.61 bits per heavy atom. The lowest BCUT2D eigenvalue weighted by molar-refractivity contribution is -0.357. The van der Waals surface area contributed by atoms with E-state index < -0.39 is 79.7 Å². The molecule has 2 saturated heterocycles. The van der Waals surface area contributed by atoms with E-state index in [1.807, 2.05) is 0 Å². The highest BCUT2D eigenvalue weighted by molar-refractivity contribution is 5.87. The fourth-order valence-corrected chi connectivity index (χ4v) is 4.80. The number of aromatic hydroxyl groups is 4. The molecule has 9 N–H and O–H groups in total. The minimum Gasteiger partial charge on any atom is -0.504 e. The van der Waals surface area contributed by atoms with Gasteiger partial charge in [-0.2, -0.15) is 0 Å². The summed E-state index contributed by atoms with van der Waals surface area (Å²) in [5, 5.41) is 91.1. The first-order valence-corrected chi connectivity index (χ1v) is 13.7. The van der Waals surface area contributed by atoms with Gasteiger partial charge in [-0.15, -0.1) is 0 Å². The molecule has 0 aliphatic carbocycles. The van der Waals surface area contributed by atoms with Gasteiger partial charge in [0.2, 0.25) is 0 Å². The number of phenols is 4. The van der Waals surface area contributed by atoms with Crippen molar-refractivity contribution >= 4 is 12.0 Å². The number of aliphatic hydroxyl groups excluding tert-OH is 5. The van der Waals surface area contributed by atoms with Crippen LogP contribution in [0.25, 0.3) is 6.08 Å². The second-order valence-electron chi connectivity index (χ2n) is 10.4. The summed E-state index contributed by atoms with van der Waals surface area (Å²) in [5.74, 6) is -2.46. The number of ether oxygens (including phenoxy) is 5. The first-order chi connectivity index (χ1) is 20.9. The molecule has 10 atom stereocenters. The van der Waals surface area contributed by atoms with Crippen LogP contribution in [0.4, 0.5) is 0 Å². The second-order valence-corrected chi connectivity index (χ2v) is 10.4. The van der Waals surface area contributed by atoms with E-state index in [-0.39, 0.29) is 30.3 Å². The Balaban J connectivity index is 1.53. The summed E-state index contributed by atoms with van der Waals surface area (Å²) < 4.78 is 28.1. The summed E-state index contributed by atoms with van der Waals surface area (Å²) in [4.78, 5) is 12.8. The van der Waals surface area contributed by atoms with Crippen molar-refractivity contribution in [2.24, 2.45) is 0 Å².